The molecule has 114 valence electrons. The van der Waals surface area contributed by atoms with Gasteiger partial charge in [-0.2, -0.15) is 0 Å². The van der Waals surface area contributed by atoms with E-state index in [2.05, 4.69) is 5.32 Å². The van der Waals surface area contributed by atoms with E-state index in [0.717, 1.165) is 32.3 Å². The second kappa shape index (κ2) is 6.02. The molecule has 5 heteroatoms. The van der Waals surface area contributed by atoms with Gasteiger partial charge in [0.15, 0.2) is 0 Å². The lowest BCUT2D eigenvalue weighted by Gasteiger charge is -2.43. The normalized spacial score (nSPS) is 24.7. The summed E-state index contributed by atoms with van der Waals surface area (Å²) in [6.07, 6.45) is 7.89. The van der Waals surface area contributed by atoms with Gasteiger partial charge < -0.3 is 10.1 Å². The maximum Gasteiger partial charge on any atom is 0.292 e. The molecule has 1 aliphatic carbocycles. The molecular weight excluding hydrogens is 268 g/mol. The van der Waals surface area contributed by atoms with Crippen molar-refractivity contribution in [2.75, 3.05) is 11.9 Å². The quantitative estimate of drug-likeness (QED) is 0.677. The summed E-state index contributed by atoms with van der Waals surface area (Å²) in [4.78, 5) is 10.8. The van der Waals surface area contributed by atoms with E-state index < -0.39 is 0 Å². The Morgan fingerprint density at radius 2 is 2.00 bits per heavy atom. The standard InChI is InChI=1S/C16H22N2O3/c19-18(20)15-7-3-2-6-14(15)17-13-8-11-21-16(12-13)9-4-1-5-10-16/h2-3,6-7,13,17H,1,4-5,8-12H2. The minimum atomic E-state index is -0.321. The monoisotopic (exact) mass is 290 g/mol. The van der Waals surface area contributed by atoms with Crippen molar-refractivity contribution >= 4 is 11.4 Å². The van der Waals surface area contributed by atoms with Crippen molar-refractivity contribution in [3.8, 4) is 0 Å². The van der Waals surface area contributed by atoms with Crippen LogP contribution < -0.4 is 5.32 Å². The number of nitro benzene ring substituents is 1. The summed E-state index contributed by atoms with van der Waals surface area (Å²) in [6, 6.07) is 7.15. The Labute approximate surface area is 124 Å². The predicted molar refractivity (Wildman–Crippen MR) is 81.5 cm³/mol. The first-order valence-corrected chi connectivity index (χ1v) is 7.82. The maximum atomic E-state index is 11.1. The Bertz CT molecular complexity index is 506. The van der Waals surface area contributed by atoms with Crippen LogP contribution in [0, 0.1) is 10.1 Å². The smallest absolute Gasteiger partial charge is 0.292 e. The highest BCUT2D eigenvalue weighted by molar-refractivity contribution is 5.61. The molecule has 0 aromatic heterocycles. The zero-order valence-electron chi connectivity index (χ0n) is 12.2. The van der Waals surface area contributed by atoms with E-state index >= 15 is 0 Å². The molecule has 2 fully saturated rings. The van der Waals surface area contributed by atoms with Crippen LogP contribution in [0.5, 0.6) is 0 Å². The molecule has 1 N–H and O–H groups in total. The van der Waals surface area contributed by atoms with Gasteiger partial charge in [-0.05, 0) is 31.7 Å². The lowest BCUT2D eigenvalue weighted by molar-refractivity contribution is -0.384. The molecule has 1 saturated heterocycles. The second-order valence-corrected chi connectivity index (χ2v) is 6.20. The number of nitro groups is 1. The Morgan fingerprint density at radius 1 is 1.24 bits per heavy atom. The molecule has 21 heavy (non-hydrogen) atoms. The molecule has 1 heterocycles. The molecule has 3 rings (SSSR count). The minimum absolute atomic E-state index is 0.0116. The van der Waals surface area contributed by atoms with Crippen molar-refractivity contribution < 1.29 is 9.66 Å². The first kappa shape index (κ1) is 14.3. The lowest BCUT2D eigenvalue weighted by atomic mass is 9.78. The molecule has 0 amide bonds. The van der Waals surface area contributed by atoms with Gasteiger partial charge in [-0.1, -0.05) is 31.4 Å². The fourth-order valence-corrected chi connectivity index (χ4v) is 3.67. The van der Waals surface area contributed by atoms with Crippen LogP contribution in [0.3, 0.4) is 0 Å². The average molecular weight is 290 g/mol. The summed E-state index contributed by atoms with van der Waals surface area (Å²) >= 11 is 0. The number of hydrogen-bond acceptors (Lipinski definition) is 4. The Hall–Kier alpha value is -1.62. The summed E-state index contributed by atoms with van der Waals surface area (Å²) in [7, 11) is 0. The van der Waals surface area contributed by atoms with E-state index in [9.17, 15) is 10.1 Å². The Morgan fingerprint density at radius 3 is 2.76 bits per heavy atom. The third-order valence-electron chi connectivity index (χ3n) is 4.72. The van der Waals surface area contributed by atoms with Crippen LogP contribution in [-0.4, -0.2) is 23.2 Å². The largest absolute Gasteiger partial charge is 0.377 e. The molecule has 0 radical (unpaired) electrons. The number of nitrogens with zero attached hydrogens (tertiary/aromatic N) is 1. The molecule has 1 aromatic carbocycles. The molecule has 1 saturated carbocycles. The van der Waals surface area contributed by atoms with Gasteiger partial charge in [0.1, 0.15) is 5.69 Å². The van der Waals surface area contributed by atoms with E-state index in [1.807, 2.05) is 6.07 Å². The SMILES string of the molecule is O=[N+]([O-])c1ccccc1NC1CCOC2(CCCCC2)C1. The number of nitrogens with one attached hydrogen (secondary N) is 1. The molecule has 2 aliphatic rings. The summed E-state index contributed by atoms with van der Waals surface area (Å²) in [6.45, 7) is 0.748. The second-order valence-electron chi connectivity index (χ2n) is 6.20. The zero-order valence-corrected chi connectivity index (χ0v) is 12.2. The van der Waals surface area contributed by atoms with Crippen LogP contribution in [0.4, 0.5) is 11.4 Å². The van der Waals surface area contributed by atoms with Crippen molar-refractivity contribution in [1.82, 2.24) is 0 Å². The molecule has 1 aliphatic heterocycles. The van der Waals surface area contributed by atoms with Gasteiger partial charge in [-0.15, -0.1) is 0 Å². The molecule has 1 unspecified atom stereocenters. The van der Waals surface area contributed by atoms with E-state index in [0.29, 0.717) is 5.69 Å². The molecule has 1 atom stereocenters. The Balaban J connectivity index is 1.71. The van der Waals surface area contributed by atoms with Gasteiger partial charge in [0.25, 0.3) is 5.69 Å². The van der Waals surface area contributed by atoms with Crippen LogP contribution in [-0.2, 0) is 4.74 Å². The van der Waals surface area contributed by atoms with Gasteiger partial charge in [0, 0.05) is 18.7 Å². The van der Waals surface area contributed by atoms with E-state index in [1.54, 1.807) is 18.2 Å². The van der Waals surface area contributed by atoms with Gasteiger partial charge >= 0.3 is 0 Å². The fourth-order valence-electron chi connectivity index (χ4n) is 3.67. The number of anilines is 1. The van der Waals surface area contributed by atoms with Crippen molar-refractivity contribution in [2.45, 2.75) is 56.6 Å². The van der Waals surface area contributed by atoms with Crippen LogP contribution in [0.1, 0.15) is 44.9 Å². The van der Waals surface area contributed by atoms with Gasteiger partial charge in [0.2, 0.25) is 0 Å². The maximum absolute atomic E-state index is 11.1. The molecule has 0 bridgehead atoms. The molecular formula is C16H22N2O3. The third-order valence-corrected chi connectivity index (χ3v) is 4.72. The average Bonchev–Trinajstić information content (AvgIpc) is 2.48. The van der Waals surface area contributed by atoms with E-state index in [1.165, 1.54) is 19.3 Å². The summed E-state index contributed by atoms with van der Waals surface area (Å²) in [5.41, 5.74) is 0.791. The number of benzene rings is 1. The highest BCUT2D eigenvalue weighted by Crippen LogP contribution is 2.39. The number of ether oxygens (including phenoxy) is 1. The van der Waals surface area contributed by atoms with Crippen LogP contribution >= 0.6 is 0 Å². The van der Waals surface area contributed by atoms with Gasteiger partial charge in [-0.3, -0.25) is 10.1 Å². The van der Waals surface area contributed by atoms with E-state index in [-0.39, 0.29) is 22.3 Å². The molecule has 1 spiro atoms. The first-order valence-electron chi connectivity index (χ1n) is 7.82. The minimum Gasteiger partial charge on any atom is -0.377 e. The van der Waals surface area contributed by atoms with E-state index in [4.69, 9.17) is 4.74 Å². The summed E-state index contributed by atoms with van der Waals surface area (Å²) in [5.74, 6) is 0. The Kier molecular flexibility index (Phi) is 4.10. The molecule has 5 nitrogen and oxygen atoms in total. The van der Waals surface area contributed by atoms with Crippen molar-refractivity contribution in [1.29, 1.82) is 0 Å². The third kappa shape index (κ3) is 3.18. The highest BCUT2D eigenvalue weighted by Gasteiger charge is 2.38. The highest BCUT2D eigenvalue weighted by atomic mass is 16.6. The number of para-hydroxylation sites is 2. The van der Waals surface area contributed by atoms with Crippen LogP contribution in [0.15, 0.2) is 24.3 Å². The molecule has 1 aromatic rings. The lowest BCUT2D eigenvalue weighted by Crippen LogP contribution is -2.45. The van der Waals surface area contributed by atoms with Gasteiger partial charge in [-0.25, -0.2) is 0 Å². The zero-order chi connectivity index (χ0) is 14.7. The predicted octanol–water partition coefficient (Wildman–Crippen LogP) is 3.89. The van der Waals surface area contributed by atoms with Crippen molar-refractivity contribution in [3.05, 3.63) is 34.4 Å². The number of hydrogen-bond donors (Lipinski definition) is 1. The van der Waals surface area contributed by atoms with Crippen molar-refractivity contribution in [2.24, 2.45) is 0 Å². The topological polar surface area (TPSA) is 64.4 Å². The number of rotatable bonds is 3. The summed E-state index contributed by atoms with van der Waals surface area (Å²) in [5, 5.41) is 14.5. The fraction of sp³-hybridized carbons (Fsp3) is 0.625. The van der Waals surface area contributed by atoms with Crippen molar-refractivity contribution in [3.63, 3.8) is 0 Å². The summed E-state index contributed by atoms with van der Waals surface area (Å²) < 4.78 is 6.08. The van der Waals surface area contributed by atoms with Crippen LogP contribution in [0.2, 0.25) is 0 Å². The van der Waals surface area contributed by atoms with Gasteiger partial charge in [0.05, 0.1) is 10.5 Å². The first-order chi connectivity index (χ1) is 10.2. The van der Waals surface area contributed by atoms with Crippen LogP contribution in [0.25, 0.3) is 0 Å².